The zero-order chi connectivity index (χ0) is 23.7. The number of aromatic nitrogens is 4. The average Bonchev–Trinajstić information content (AvgIpc) is 3.27. The predicted octanol–water partition coefficient (Wildman–Crippen LogP) is 3.03. The molecule has 0 saturated carbocycles. The van der Waals surface area contributed by atoms with Crippen molar-refractivity contribution in [2.24, 2.45) is 7.05 Å². The summed E-state index contributed by atoms with van der Waals surface area (Å²) < 4.78 is 1.78. The van der Waals surface area contributed by atoms with E-state index in [9.17, 15) is 4.79 Å². The minimum Gasteiger partial charge on any atom is -0.343 e. The molecular weight excluding hydrogens is 426 g/mol. The van der Waals surface area contributed by atoms with Crippen molar-refractivity contribution in [3.05, 3.63) is 66.1 Å². The molecule has 1 amide bonds. The number of carbonyl (C=O) groups is 1. The Morgan fingerprint density at radius 2 is 1.97 bits per heavy atom. The molecular formula is C26H25N7O. The fourth-order valence-corrected chi connectivity index (χ4v) is 4.11. The van der Waals surface area contributed by atoms with Gasteiger partial charge in [0.1, 0.15) is 0 Å². The van der Waals surface area contributed by atoms with Gasteiger partial charge in [-0.2, -0.15) is 5.10 Å². The molecule has 1 fully saturated rings. The number of likely N-dealkylation sites (N-methyl/N-ethyl adjacent to an activating group) is 1. The van der Waals surface area contributed by atoms with Crippen LogP contribution in [0.15, 0.2) is 55.0 Å². The minimum atomic E-state index is 0.144. The molecule has 2 aromatic heterocycles. The number of amides is 1. The first-order valence-electron chi connectivity index (χ1n) is 11.1. The fourth-order valence-electron chi connectivity index (χ4n) is 4.11. The molecule has 8 heteroatoms. The second kappa shape index (κ2) is 8.96. The molecule has 0 atom stereocenters. The number of terminal acetylenes is 1. The van der Waals surface area contributed by atoms with Crippen LogP contribution in [-0.4, -0.2) is 62.1 Å². The van der Waals surface area contributed by atoms with Crippen LogP contribution >= 0.6 is 0 Å². The summed E-state index contributed by atoms with van der Waals surface area (Å²) in [5, 5.41) is 8.56. The van der Waals surface area contributed by atoms with Crippen LogP contribution in [0.5, 0.6) is 0 Å². The summed E-state index contributed by atoms with van der Waals surface area (Å²) in [6.45, 7) is 2.67. The Labute approximate surface area is 198 Å². The summed E-state index contributed by atoms with van der Waals surface area (Å²) in [7, 11) is 3.75. The molecule has 1 aliphatic rings. The van der Waals surface area contributed by atoms with Crippen molar-refractivity contribution in [1.82, 2.24) is 29.5 Å². The lowest BCUT2D eigenvalue weighted by Crippen LogP contribution is -2.47. The van der Waals surface area contributed by atoms with Crippen LogP contribution in [0.2, 0.25) is 0 Å². The van der Waals surface area contributed by atoms with Crippen molar-refractivity contribution < 1.29 is 4.79 Å². The zero-order valence-corrected chi connectivity index (χ0v) is 19.2. The highest BCUT2D eigenvalue weighted by atomic mass is 16.2. The summed E-state index contributed by atoms with van der Waals surface area (Å²) in [6, 6.07) is 12.0. The van der Waals surface area contributed by atoms with Gasteiger partial charge in [-0.05, 0) is 47.5 Å². The number of piperazine rings is 1. The lowest BCUT2D eigenvalue weighted by molar-refractivity contribution is -0.134. The lowest BCUT2D eigenvalue weighted by Gasteiger charge is -2.32. The number of hydrogen-bond donors (Lipinski definition) is 1. The number of fused-ring (bicyclic) bond motifs is 1. The van der Waals surface area contributed by atoms with Gasteiger partial charge in [0.2, 0.25) is 11.9 Å². The number of aryl methyl sites for hydroxylation is 1. The minimum absolute atomic E-state index is 0.144. The fraction of sp³-hybridized carbons (Fsp3) is 0.231. The summed E-state index contributed by atoms with van der Waals surface area (Å²) in [5.74, 6) is 3.28. The van der Waals surface area contributed by atoms with Gasteiger partial charge < -0.3 is 10.2 Å². The predicted molar refractivity (Wildman–Crippen MR) is 132 cm³/mol. The lowest BCUT2D eigenvalue weighted by atomic mass is 10.0. The van der Waals surface area contributed by atoms with Gasteiger partial charge in [0.05, 0.1) is 18.3 Å². The van der Waals surface area contributed by atoms with E-state index in [0.29, 0.717) is 19.0 Å². The summed E-state index contributed by atoms with van der Waals surface area (Å²) in [5.41, 5.74) is 5.64. The van der Waals surface area contributed by atoms with Gasteiger partial charge >= 0.3 is 0 Å². The van der Waals surface area contributed by atoms with Gasteiger partial charge in [-0.3, -0.25) is 14.4 Å². The number of hydrogen-bond acceptors (Lipinski definition) is 6. The monoisotopic (exact) mass is 451 g/mol. The molecule has 34 heavy (non-hydrogen) atoms. The molecule has 8 nitrogen and oxygen atoms in total. The Bertz CT molecular complexity index is 1420. The highest BCUT2D eigenvalue weighted by molar-refractivity contribution is 5.81. The second-order valence-corrected chi connectivity index (χ2v) is 8.58. The summed E-state index contributed by atoms with van der Waals surface area (Å²) in [6.07, 6.45) is 11.1. The van der Waals surface area contributed by atoms with Crippen molar-refractivity contribution in [3.63, 3.8) is 0 Å². The topological polar surface area (TPSA) is 79.2 Å². The number of nitrogens with zero attached hydrogens (tertiary/aromatic N) is 6. The van der Waals surface area contributed by atoms with Crippen LogP contribution in [0, 0.1) is 12.3 Å². The number of carbonyl (C=O) groups excluding carboxylic acids is 1. The summed E-state index contributed by atoms with van der Waals surface area (Å²) >= 11 is 0. The molecule has 2 aromatic carbocycles. The maximum atomic E-state index is 12.2. The molecule has 0 radical (unpaired) electrons. The third-order valence-electron chi connectivity index (χ3n) is 5.98. The second-order valence-electron chi connectivity index (χ2n) is 8.58. The van der Waals surface area contributed by atoms with Crippen molar-refractivity contribution in [1.29, 1.82) is 0 Å². The van der Waals surface area contributed by atoms with Crippen LogP contribution in [0.1, 0.15) is 11.1 Å². The molecule has 1 N–H and O–H groups in total. The van der Waals surface area contributed by atoms with E-state index < -0.39 is 0 Å². The number of nitrogens with one attached hydrogen (secondary N) is 1. The van der Waals surface area contributed by atoms with Gasteiger partial charge in [0.15, 0.2) is 0 Å². The zero-order valence-electron chi connectivity index (χ0n) is 19.2. The van der Waals surface area contributed by atoms with E-state index in [4.69, 9.17) is 6.42 Å². The molecule has 0 aliphatic carbocycles. The standard InChI is InChI=1S/C26H25N7O/c1-4-18-5-6-24-21(9-18)13-27-26(30-24)29-23-11-19(15-33-8-7-31(2)25(34)17-33)10-20(12-23)22-14-28-32(3)16-22/h1,5-6,9-14,16H,7-8,15,17H2,2-3H3,(H,27,29,30). The van der Waals surface area contributed by atoms with E-state index in [-0.39, 0.29) is 5.91 Å². The van der Waals surface area contributed by atoms with Gasteiger partial charge in [0.25, 0.3) is 0 Å². The average molecular weight is 452 g/mol. The van der Waals surface area contributed by atoms with E-state index in [1.165, 1.54) is 0 Å². The van der Waals surface area contributed by atoms with E-state index in [1.807, 2.05) is 44.7 Å². The molecule has 0 bridgehead atoms. The Morgan fingerprint density at radius 1 is 1.09 bits per heavy atom. The van der Waals surface area contributed by atoms with Crippen LogP contribution in [-0.2, 0) is 18.4 Å². The third-order valence-corrected chi connectivity index (χ3v) is 5.98. The quantitative estimate of drug-likeness (QED) is 0.470. The third kappa shape index (κ3) is 4.60. The Hall–Kier alpha value is -4.22. The number of rotatable bonds is 5. The number of anilines is 2. The van der Waals surface area contributed by atoms with Gasteiger partial charge in [-0.15, -0.1) is 6.42 Å². The highest BCUT2D eigenvalue weighted by Gasteiger charge is 2.21. The van der Waals surface area contributed by atoms with Gasteiger partial charge in [-0.25, -0.2) is 9.97 Å². The molecule has 0 spiro atoms. The van der Waals surface area contributed by atoms with E-state index in [2.05, 4.69) is 49.4 Å². The maximum absolute atomic E-state index is 12.2. The van der Waals surface area contributed by atoms with E-state index in [1.54, 1.807) is 15.8 Å². The molecule has 170 valence electrons. The van der Waals surface area contributed by atoms with Crippen molar-refractivity contribution in [2.45, 2.75) is 6.54 Å². The van der Waals surface area contributed by atoms with E-state index in [0.717, 1.165) is 51.9 Å². The molecule has 1 saturated heterocycles. The first-order chi connectivity index (χ1) is 16.5. The smallest absolute Gasteiger partial charge is 0.236 e. The first-order valence-corrected chi connectivity index (χ1v) is 11.1. The molecule has 5 rings (SSSR count). The van der Waals surface area contributed by atoms with Crippen molar-refractivity contribution >= 4 is 28.4 Å². The van der Waals surface area contributed by atoms with Gasteiger partial charge in [0, 0.05) is 68.3 Å². The van der Waals surface area contributed by atoms with Crippen LogP contribution in [0.25, 0.3) is 22.0 Å². The van der Waals surface area contributed by atoms with Crippen molar-refractivity contribution in [3.8, 4) is 23.5 Å². The molecule has 3 heterocycles. The number of benzene rings is 2. The Morgan fingerprint density at radius 3 is 2.74 bits per heavy atom. The highest BCUT2D eigenvalue weighted by Crippen LogP contribution is 2.27. The Balaban J connectivity index is 1.46. The first kappa shape index (κ1) is 21.6. The van der Waals surface area contributed by atoms with Crippen molar-refractivity contribution in [2.75, 3.05) is 32.0 Å². The molecule has 1 aliphatic heterocycles. The molecule has 4 aromatic rings. The maximum Gasteiger partial charge on any atom is 0.236 e. The van der Waals surface area contributed by atoms with Crippen LogP contribution in [0.3, 0.4) is 0 Å². The normalized spacial score (nSPS) is 14.4. The largest absolute Gasteiger partial charge is 0.343 e. The van der Waals surface area contributed by atoms with E-state index >= 15 is 0 Å². The van der Waals surface area contributed by atoms with Crippen LogP contribution < -0.4 is 5.32 Å². The Kier molecular flexibility index (Phi) is 5.70. The van der Waals surface area contributed by atoms with Crippen LogP contribution in [0.4, 0.5) is 11.6 Å². The van der Waals surface area contributed by atoms with Gasteiger partial charge in [-0.1, -0.05) is 5.92 Å². The molecule has 0 unspecified atom stereocenters. The summed E-state index contributed by atoms with van der Waals surface area (Å²) in [4.78, 5) is 25.3. The SMILES string of the molecule is C#Cc1ccc2nc(Nc3cc(CN4CCN(C)C(=O)C4)cc(-c4cnn(C)c4)c3)ncc2c1.